The normalized spacial score (nSPS) is 27.6. The van der Waals surface area contributed by atoms with Crippen LogP contribution >= 0.6 is 0 Å². The zero-order chi connectivity index (χ0) is 17.7. The van der Waals surface area contributed by atoms with Crippen molar-refractivity contribution in [2.75, 3.05) is 19.6 Å². The fourth-order valence-corrected chi connectivity index (χ4v) is 5.05. The lowest BCUT2D eigenvalue weighted by molar-refractivity contribution is -0.140. The molecule has 0 aromatic carbocycles. The van der Waals surface area contributed by atoms with Gasteiger partial charge in [0.25, 0.3) is 0 Å². The lowest BCUT2D eigenvalue weighted by atomic mass is 9.73. The average Bonchev–Trinajstić information content (AvgIpc) is 3.38. The van der Waals surface area contributed by atoms with Crippen LogP contribution in [0.15, 0.2) is 24.5 Å². The Hall–Kier alpha value is -1.88. The second-order valence-electron chi connectivity index (χ2n) is 8.72. The van der Waals surface area contributed by atoms with Gasteiger partial charge in [-0.3, -0.25) is 9.69 Å². The van der Waals surface area contributed by atoms with E-state index in [-0.39, 0.29) is 0 Å². The van der Waals surface area contributed by atoms with Gasteiger partial charge in [0.05, 0.1) is 5.69 Å². The van der Waals surface area contributed by atoms with Gasteiger partial charge >= 0.3 is 0 Å². The summed E-state index contributed by atoms with van der Waals surface area (Å²) in [6.07, 6.45) is 11.0. The van der Waals surface area contributed by atoms with Crippen molar-refractivity contribution >= 4 is 11.6 Å². The van der Waals surface area contributed by atoms with Crippen LogP contribution in [0.3, 0.4) is 0 Å². The fourth-order valence-electron chi connectivity index (χ4n) is 5.05. The molecule has 0 N–H and O–H groups in total. The number of pyridine rings is 1. The highest BCUT2D eigenvalue weighted by atomic mass is 16.2. The third-order valence-corrected chi connectivity index (χ3v) is 6.54. The minimum atomic E-state index is 0.309. The highest BCUT2D eigenvalue weighted by Crippen LogP contribution is 2.42. The van der Waals surface area contributed by atoms with Crippen molar-refractivity contribution in [2.45, 2.75) is 58.0 Å². The van der Waals surface area contributed by atoms with E-state index in [1.165, 1.54) is 31.2 Å². The number of nitrogens with zero attached hydrogens (tertiary/aromatic N) is 4. The molecule has 1 amide bonds. The molecule has 26 heavy (non-hydrogen) atoms. The summed E-state index contributed by atoms with van der Waals surface area (Å²) in [5.41, 5.74) is 3.75. The number of carbonyl (C=O) groups is 1. The maximum atomic E-state index is 12.3. The third kappa shape index (κ3) is 2.92. The van der Waals surface area contributed by atoms with Crippen LogP contribution in [0.5, 0.6) is 0 Å². The number of rotatable bonds is 3. The lowest BCUT2D eigenvalue weighted by Gasteiger charge is -2.48. The minimum Gasteiger partial charge on any atom is -0.339 e. The first kappa shape index (κ1) is 16.3. The van der Waals surface area contributed by atoms with E-state index in [0.29, 0.717) is 17.4 Å². The number of hydrogen-bond acceptors (Lipinski definition) is 3. The van der Waals surface area contributed by atoms with E-state index in [2.05, 4.69) is 45.7 Å². The highest BCUT2D eigenvalue weighted by molar-refractivity contribution is 5.78. The molecule has 2 aromatic heterocycles. The zero-order valence-electron chi connectivity index (χ0n) is 15.7. The van der Waals surface area contributed by atoms with Crippen LogP contribution in [0.25, 0.3) is 5.65 Å². The number of carbonyl (C=O) groups excluding carboxylic acids is 1. The van der Waals surface area contributed by atoms with Gasteiger partial charge in [0.15, 0.2) is 0 Å². The van der Waals surface area contributed by atoms with Crippen molar-refractivity contribution in [3.63, 3.8) is 0 Å². The second kappa shape index (κ2) is 6.08. The summed E-state index contributed by atoms with van der Waals surface area (Å²) < 4.78 is 2.14. The molecule has 4 heterocycles. The topological polar surface area (TPSA) is 40.9 Å². The first-order valence-electron chi connectivity index (χ1n) is 10.1. The molecule has 0 bridgehead atoms. The Morgan fingerprint density at radius 3 is 2.96 bits per heavy atom. The second-order valence-corrected chi connectivity index (χ2v) is 8.72. The molecule has 2 aromatic rings. The Morgan fingerprint density at radius 2 is 2.15 bits per heavy atom. The molecule has 1 spiro atoms. The summed E-state index contributed by atoms with van der Waals surface area (Å²) in [5.74, 6) is 0.395. The summed E-state index contributed by atoms with van der Waals surface area (Å²) in [4.78, 5) is 21.9. The van der Waals surface area contributed by atoms with Crippen LogP contribution in [0.4, 0.5) is 0 Å². The van der Waals surface area contributed by atoms with E-state index in [1.807, 2.05) is 0 Å². The summed E-state index contributed by atoms with van der Waals surface area (Å²) in [6, 6.07) is 4.75. The molecule has 2 saturated heterocycles. The number of piperidine rings is 2. The van der Waals surface area contributed by atoms with E-state index in [0.717, 1.165) is 50.4 Å². The molecular weight excluding hydrogens is 324 g/mol. The van der Waals surface area contributed by atoms with E-state index in [1.54, 1.807) is 0 Å². The fraction of sp³-hybridized carbons (Fsp3) is 0.619. The molecule has 0 unspecified atom stereocenters. The molecular formula is C21H28N4O. The van der Waals surface area contributed by atoms with Crippen molar-refractivity contribution in [3.8, 4) is 0 Å². The number of imidazole rings is 1. The van der Waals surface area contributed by atoms with Gasteiger partial charge in [0.1, 0.15) is 5.65 Å². The van der Waals surface area contributed by atoms with Gasteiger partial charge in [0, 0.05) is 49.9 Å². The van der Waals surface area contributed by atoms with Crippen LogP contribution in [0.2, 0.25) is 0 Å². The number of likely N-dealkylation sites (tertiary alicyclic amines) is 2. The van der Waals surface area contributed by atoms with Crippen LogP contribution in [0.1, 0.15) is 49.8 Å². The van der Waals surface area contributed by atoms with Gasteiger partial charge in [-0.2, -0.15) is 0 Å². The van der Waals surface area contributed by atoms with Crippen LogP contribution in [0, 0.1) is 12.3 Å². The summed E-state index contributed by atoms with van der Waals surface area (Å²) in [5, 5.41) is 0. The van der Waals surface area contributed by atoms with E-state index >= 15 is 0 Å². The summed E-state index contributed by atoms with van der Waals surface area (Å²) in [7, 11) is 0. The first-order valence-corrected chi connectivity index (χ1v) is 10.1. The molecule has 5 nitrogen and oxygen atoms in total. The predicted octanol–water partition coefficient (Wildman–Crippen LogP) is 3.01. The highest BCUT2D eigenvalue weighted by Gasteiger charge is 2.45. The number of fused-ring (bicyclic) bond motifs is 1. The quantitative estimate of drug-likeness (QED) is 0.853. The average molecular weight is 352 g/mol. The molecule has 138 valence electrons. The number of aromatic nitrogens is 2. The molecule has 3 aliphatic rings. The van der Waals surface area contributed by atoms with Crippen molar-refractivity contribution in [2.24, 2.45) is 5.41 Å². The monoisotopic (exact) mass is 352 g/mol. The van der Waals surface area contributed by atoms with Crippen molar-refractivity contribution < 1.29 is 4.79 Å². The van der Waals surface area contributed by atoms with Crippen LogP contribution in [-0.2, 0) is 11.3 Å². The molecule has 1 atom stereocenters. The molecule has 1 aliphatic carbocycles. The Balaban J connectivity index is 1.32. The van der Waals surface area contributed by atoms with E-state index in [9.17, 15) is 4.79 Å². The molecule has 3 fully saturated rings. The minimum absolute atomic E-state index is 0.309. The molecule has 0 radical (unpaired) electrons. The van der Waals surface area contributed by atoms with Gasteiger partial charge in [0.2, 0.25) is 5.91 Å². The standard InChI is InChI=1S/C21H28N4O/c1-16-4-2-11-24-13-17(22-20(16)24)12-23-10-3-8-21(14-23)9-7-19(26)25(15-21)18-5-6-18/h2,4,11,13,18H,3,5-10,12,14-15H2,1H3/t21-/m0/s1. The largest absolute Gasteiger partial charge is 0.339 e. The Bertz CT molecular complexity index is 840. The maximum Gasteiger partial charge on any atom is 0.222 e. The molecule has 1 saturated carbocycles. The van der Waals surface area contributed by atoms with Gasteiger partial charge in [-0.1, -0.05) is 6.07 Å². The molecule has 2 aliphatic heterocycles. The van der Waals surface area contributed by atoms with E-state index < -0.39 is 0 Å². The Morgan fingerprint density at radius 1 is 1.27 bits per heavy atom. The van der Waals surface area contributed by atoms with Gasteiger partial charge in [-0.25, -0.2) is 4.98 Å². The molecule has 5 rings (SSSR count). The van der Waals surface area contributed by atoms with Crippen molar-refractivity contribution in [1.29, 1.82) is 0 Å². The summed E-state index contributed by atoms with van der Waals surface area (Å²) >= 11 is 0. The number of hydrogen-bond donors (Lipinski definition) is 0. The van der Waals surface area contributed by atoms with Crippen molar-refractivity contribution in [3.05, 3.63) is 35.8 Å². The smallest absolute Gasteiger partial charge is 0.222 e. The van der Waals surface area contributed by atoms with Crippen LogP contribution in [-0.4, -0.2) is 50.8 Å². The first-order chi connectivity index (χ1) is 12.6. The third-order valence-electron chi connectivity index (χ3n) is 6.54. The predicted molar refractivity (Wildman–Crippen MR) is 101 cm³/mol. The van der Waals surface area contributed by atoms with Crippen LogP contribution < -0.4 is 0 Å². The number of aryl methyl sites for hydroxylation is 1. The van der Waals surface area contributed by atoms with Gasteiger partial charge < -0.3 is 9.30 Å². The molecule has 5 heteroatoms. The maximum absolute atomic E-state index is 12.3. The van der Waals surface area contributed by atoms with Gasteiger partial charge in [-0.05, 0) is 57.2 Å². The lowest BCUT2D eigenvalue weighted by Crippen LogP contribution is -2.54. The Kier molecular flexibility index (Phi) is 3.82. The number of amides is 1. The van der Waals surface area contributed by atoms with Gasteiger partial charge in [-0.15, -0.1) is 0 Å². The SMILES string of the molecule is Cc1cccn2cc(CN3CCC[C@]4(CCC(=O)N(C5CC5)C4)C3)nc12. The zero-order valence-corrected chi connectivity index (χ0v) is 15.7. The van der Waals surface area contributed by atoms with Crippen molar-refractivity contribution in [1.82, 2.24) is 19.2 Å². The summed E-state index contributed by atoms with van der Waals surface area (Å²) in [6.45, 7) is 6.27. The van der Waals surface area contributed by atoms with E-state index in [4.69, 9.17) is 4.98 Å². The Labute approximate surface area is 155 Å².